The minimum atomic E-state index is -0.510. The highest BCUT2D eigenvalue weighted by molar-refractivity contribution is 6.04. The number of aryl methyl sites for hydroxylation is 1. The Morgan fingerprint density at radius 2 is 2.14 bits per heavy atom. The van der Waals surface area contributed by atoms with Crippen molar-refractivity contribution in [2.24, 2.45) is 0 Å². The van der Waals surface area contributed by atoms with Gasteiger partial charge in [-0.25, -0.2) is 4.79 Å². The lowest BCUT2D eigenvalue weighted by Gasteiger charge is -2.00. The number of hydrogen-bond donors (Lipinski definition) is 1. The number of hydrogen-bond acceptors (Lipinski definition) is 4. The van der Waals surface area contributed by atoms with Gasteiger partial charge in [0.05, 0.1) is 6.61 Å². The molecule has 5 heteroatoms. The molecule has 0 saturated carbocycles. The fourth-order valence-electron chi connectivity index (χ4n) is 1.14. The molecule has 0 atom stereocenters. The summed E-state index contributed by atoms with van der Waals surface area (Å²) in [6.07, 6.45) is 0. The van der Waals surface area contributed by atoms with E-state index in [9.17, 15) is 9.59 Å². The van der Waals surface area contributed by atoms with Crippen molar-refractivity contribution in [2.45, 2.75) is 20.8 Å². The van der Waals surface area contributed by atoms with Gasteiger partial charge in [-0.05, 0) is 13.8 Å². The van der Waals surface area contributed by atoms with E-state index in [-0.39, 0.29) is 23.6 Å². The van der Waals surface area contributed by atoms with Gasteiger partial charge in [-0.1, -0.05) is 0 Å². The van der Waals surface area contributed by atoms with Gasteiger partial charge < -0.3 is 4.74 Å². The summed E-state index contributed by atoms with van der Waals surface area (Å²) < 4.78 is 4.81. The number of H-pyrrole nitrogens is 1. The number of aromatic nitrogens is 2. The number of rotatable bonds is 3. The second-order valence-corrected chi connectivity index (χ2v) is 2.85. The summed E-state index contributed by atoms with van der Waals surface area (Å²) in [5.41, 5.74) is 0.925. The molecule has 0 aliphatic rings. The first-order chi connectivity index (χ1) is 6.57. The Labute approximate surface area is 81.5 Å². The monoisotopic (exact) mass is 196 g/mol. The minimum Gasteiger partial charge on any atom is -0.462 e. The van der Waals surface area contributed by atoms with Crippen molar-refractivity contribution < 1.29 is 14.3 Å². The molecule has 1 N–H and O–H groups in total. The predicted molar refractivity (Wildman–Crippen MR) is 49.3 cm³/mol. The summed E-state index contributed by atoms with van der Waals surface area (Å²) in [5.74, 6) is -0.763. The summed E-state index contributed by atoms with van der Waals surface area (Å²) in [7, 11) is 0. The minimum absolute atomic E-state index is 0.140. The first-order valence-electron chi connectivity index (χ1n) is 4.31. The van der Waals surface area contributed by atoms with E-state index in [4.69, 9.17) is 4.74 Å². The third-order valence-corrected chi connectivity index (χ3v) is 1.76. The van der Waals surface area contributed by atoms with Crippen molar-refractivity contribution in [3.05, 3.63) is 17.0 Å². The van der Waals surface area contributed by atoms with Crippen LogP contribution in [0.4, 0.5) is 0 Å². The number of nitrogens with one attached hydrogen (secondary N) is 1. The Balaban J connectivity index is 3.11. The summed E-state index contributed by atoms with van der Waals surface area (Å²) in [4.78, 5) is 22.5. The van der Waals surface area contributed by atoms with Crippen molar-refractivity contribution in [3.8, 4) is 0 Å². The molecule has 5 nitrogen and oxygen atoms in total. The first-order valence-corrected chi connectivity index (χ1v) is 4.31. The van der Waals surface area contributed by atoms with Crippen LogP contribution in [0.25, 0.3) is 0 Å². The second kappa shape index (κ2) is 4.04. The Morgan fingerprint density at radius 1 is 1.50 bits per heavy atom. The molecular formula is C9H12N2O3. The van der Waals surface area contributed by atoms with Crippen LogP contribution in [0.2, 0.25) is 0 Å². The Bertz CT molecular complexity index is 368. The molecule has 0 aliphatic heterocycles. The first kappa shape index (κ1) is 10.4. The van der Waals surface area contributed by atoms with Gasteiger partial charge >= 0.3 is 5.97 Å². The van der Waals surface area contributed by atoms with E-state index in [1.165, 1.54) is 6.92 Å². The van der Waals surface area contributed by atoms with E-state index in [2.05, 4.69) is 10.2 Å². The van der Waals surface area contributed by atoms with E-state index in [0.717, 1.165) is 0 Å². The van der Waals surface area contributed by atoms with Crippen LogP contribution in [0.5, 0.6) is 0 Å². The van der Waals surface area contributed by atoms with Crippen LogP contribution in [0, 0.1) is 6.92 Å². The maximum absolute atomic E-state index is 11.4. The molecule has 1 aromatic heterocycles. The van der Waals surface area contributed by atoms with E-state index >= 15 is 0 Å². The van der Waals surface area contributed by atoms with E-state index in [1.807, 2.05) is 0 Å². The van der Waals surface area contributed by atoms with Gasteiger partial charge in [0, 0.05) is 12.6 Å². The summed E-state index contributed by atoms with van der Waals surface area (Å²) >= 11 is 0. The number of carbonyl (C=O) groups excluding carboxylic acids is 2. The topological polar surface area (TPSA) is 72.1 Å². The highest BCUT2D eigenvalue weighted by Crippen LogP contribution is 2.12. The quantitative estimate of drug-likeness (QED) is 0.580. The largest absolute Gasteiger partial charge is 0.462 e. The normalized spacial score (nSPS) is 9.93. The molecule has 0 bridgehead atoms. The molecule has 0 unspecified atom stereocenters. The molecule has 1 heterocycles. The lowest BCUT2D eigenvalue weighted by molar-refractivity contribution is 0.0522. The van der Waals surface area contributed by atoms with E-state index < -0.39 is 5.97 Å². The van der Waals surface area contributed by atoms with Crippen LogP contribution in [0.15, 0.2) is 0 Å². The maximum atomic E-state index is 11.4. The number of ether oxygens (including phenoxy) is 1. The number of esters is 1. The number of ketones is 1. The van der Waals surface area contributed by atoms with Crippen molar-refractivity contribution in [2.75, 3.05) is 6.61 Å². The zero-order valence-corrected chi connectivity index (χ0v) is 8.38. The molecule has 0 fully saturated rings. The predicted octanol–water partition coefficient (Wildman–Crippen LogP) is 1.10. The van der Waals surface area contributed by atoms with Crippen LogP contribution < -0.4 is 0 Å². The van der Waals surface area contributed by atoms with Crippen LogP contribution >= 0.6 is 0 Å². The average molecular weight is 196 g/mol. The van der Waals surface area contributed by atoms with Gasteiger partial charge in [0.25, 0.3) is 0 Å². The van der Waals surface area contributed by atoms with Gasteiger partial charge in [-0.3, -0.25) is 9.89 Å². The van der Waals surface area contributed by atoms with Gasteiger partial charge in [-0.15, -0.1) is 0 Å². The molecule has 1 rings (SSSR count). The fraction of sp³-hybridized carbons (Fsp3) is 0.444. The van der Waals surface area contributed by atoms with Crippen molar-refractivity contribution in [3.63, 3.8) is 0 Å². The van der Waals surface area contributed by atoms with Gasteiger partial charge in [0.1, 0.15) is 11.3 Å². The van der Waals surface area contributed by atoms with Gasteiger partial charge in [-0.2, -0.15) is 5.10 Å². The van der Waals surface area contributed by atoms with E-state index in [0.29, 0.717) is 5.69 Å². The van der Waals surface area contributed by atoms with Crippen molar-refractivity contribution in [1.29, 1.82) is 0 Å². The zero-order valence-electron chi connectivity index (χ0n) is 8.38. The summed E-state index contributed by atoms with van der Waals surface area (Å²) in [6, 6.07) is 0. The van der Waals surface area contributed by atoms with Crippen LogP contribution in [0.1, 0.15) is 40.4 Å². The van der Waals surface area contributed by atoms with Gasteiger partial charge in [0.15, 0.2) is 5.78 Å². The third kappa shape index (κ3) is 1.81. The van der Waals surface area contributed by atoms with Gasteiger partial charge in [0.2, 0.25) is 0 Å². The molecule has 14 heavy (non-hydrogen) atoms. The average Bonchev–Trinajstić information content (AvgIpc) is 2.47. The molecular weight excluding hydrogens is 184 g/mol. The molecule has 76 valence electrons. The Hall–Kier alpha value is -1.65. The van der Waals surface area contributed by atoms with Crippen molar-refractivity contribution in [1.82, 2.24) is 10.2 Å². The summed E-state index contributed by atoms with van der Waals surface area (Å²) in [6.45, 7) is 5.02. The number of aromatic amines is 1. The molecule has 0 radical (unpaired) electrons. The number of carbonyl (C=O) groups is 2. The highest BCUT2D eigenvalue weighted by Gasteiger charge is 2.21. The molecule has 0 amide bonds. The molecule has 1 aromatic rings. The number of Topliss-reactive ketones (excluding diaryl/α,β-unsaturated/α-hetero) is 1. The summed E-state index contributed by atoms with van der Waals surface area (Å²) in [5, 5.41) is 6.33. The highest BCUT2D eigenvalue weighted by atomic mass is 16.5. The molecule has 0 aliphatic carbocycles. The Morgan fingerprint density at radius 3 is 2.64 bits per heavy atom. The standard InChI is InChI=1S/C9H12N2O3/c1-4-14-9(13)7-5(2)10-11-8(7)6(3)12/h4H2,1-3H3,(H,10,11). The fourth-order valence-corrected chi connectivity index (χ4v) is 1.14. The SMILES string of the molecule is CCOC(=O)c1c(C(C)=O)n[nH]c1C. The van der Waals surface area contributed by atoms with Crippen molar-refractivity contribution >= 4 is 11.8 Å². The smallest absolute Gasteiger partial charge is 0.342 e. The second-order valence-electron chi connectivity index (χ2n) is 2.85. The maximum Gasteiger partial charge on any atom is 0.342 e. The lowest BCUT2D eigenvalue weighted by atomic mass is 10.1. The van der Waals surface area contributed by atoms with Crippen LogP contribution in [-0.4, -0.2) is 28.6 Å². The van der Waals surface area contributed by atoms with E-state index in [1.54, 1.807) is 13.8 Å². The third-order valence-electron chi connectivity index (χ3n) is 1.76. The van der Waals surface area contributed by atoms with Crippen LogP contribution in [-0.2, 0) is 4.74 Å². The van der Waals surface area contributed by atoms with Crippen LogP contribution in [0.3, 0.4) is 0 Å². The zero-order chi connectivity index (χ0) is 10.7. The molecule has 0 aromatic carbocycles. The molecule has 0 spiro atoms. The lowest BCUT2D eigenvalue weighted by Crippen LogP contribution is -2.10. The Kier molecular flexibility index (Phi) is 3.01. The molecule has 0 saturated heterocycles. The number of nitrogens with zero attached hydrogens (tertiary/aromatic N) is 1.